The average Bonchev–Trinajstić information content (AvgIpc) is 2.04. The van der Waals surface area contributed by atoms with Crippen LogP contribution in [-0.4, -0.2) is 28.3 Å². The number of hydrogen-bond donors (Lipinski definition) is 0. The molecule has 0 aromatic carbocycles. The van der Waals surface area contributed by atoms with Crippen molar-refractivity contribution in [2.45, 2.75) is 51.6 Å². The molecule has 0 saturated carbocycles. The first kappa shape index (κ1) is 11.0. The SMILES string of the molecule is CC1CCCCN1C(C)(C)C(=O)Cl. The molecule has 1 atom stereocenters. The highest BCUT2D eigenvalue weighted by molar-refractivity contribution is 6.65. The van der Waals surface area contributed by atoms with Crippen LogP contribution in [0.2, 0.25) is 0 Å². The molecular weight excluding hydrogens is 186 g/mol. The van der Waals surface area contributed by atoms with Gasteiger partial charge in [-0.05, 0) is 51.8 Å². The number of likely N-dealkylation sites (tertiary alicyclic amines) is 1. The summed E-state index contributed by atoms with van der Waals surface area (Å²) in [5.74, 6) is 0. The predicted molar refractivity (Wildman–Crippen MR) is 55.0 cm³/mol. The van der Waals surface area contributed by atoms with E-state index < -0.39 is 5.54 Å². The molecule has 0 aromatic heterocycles. The van der Waals surface area contributed by atoms with Crippen molar-refractivity contribution in [3.63, 3.8) is 0 Å². The molecular formula is C10H18ClNO. The van der Waals surface area contributed by atoms with Gasteiger partial charge in [-0.25, -0.2) is 0 Å². The van der Waals surface area contributed by atoms with Crippen molar-refractivity contribution >= 4 is 16.8 Å². The van der Waals surface area contributed by atoms with E-state index in [1.54, 1.807) is 0 Å². The summed E-state index contributed by atoms with van der Waals surface area (Å²) in [5, 5.41) is -0.249. The fraction of sp³-hybridized carbons (Fsp3) is 0.900. The van der Waals surface area contributed by atoms with Gasteiger partial charge in [-0.2, -0.15) is 0 Å². The predicted octanol–water partition coefficient (Wildman–Crippen LogP) is 2.40. The average molecular weight is 204 g/mol. The van der Waals surface area contributed by atoms with Crippen molar-refractivity contribution < 1.29 is 4.79 Å². The number of piperidine rings is 1. The van der Waals surface area contributed by atoms with Crippen LogP contribution < -0.4 is 0 Å². The second kappa shape index (κ2) is 3.97. The molecule has 1 aliphatic rings. The van der Waals surface area contributed by atoms with Crippen LogP contribution in [0.5, 0.6) is 0 Å². The number of carbonyl (C=O) groups is 1. The van der Waals surface area contributed by atoms with E-state index in [-0.39, 0.29) is 5.24 Å². The zero-order chi connectivity index (χ0) is 10.1. The standard InChI is InChI=1S/C10H18ClNO/c1-8-6-4-5-7-12(8)10(2,3)9(11)13/h8H,4-7H2,1-3H3. The summed E-state index contributed by atoms with van der Waals surface area (Å²) in [5.41, 5.74) is -0.499. The van der Waals surface area contributed by atoms with Crippen molar-refractivity contribution in [3.05, 3.63) is 0 Å². The zero-order valence-corrected chi connectivity index (χ0v) is 9.40. The van der Waals surface area contributed by atoms with E-state index in [4.69, 9.17) is 11.6 Å². The smallest absolute Gasteiger partial charge is 0.241 e. The van der Waals surface area contributed by atoms with Gasteiger partial charge in [0.15, 0.2) is 0 Å². The van der Waals surface area contributed by atoms with Gasteiger partial charge in [0.25, 0.3) is 0 Å². The van der Waals surface area contributed by atoms with Crippen LogP contribution >= 0.6 is 11.6 Å². The Kier molecular flexibility index (Phi) is 3.36. The van der Waals surface area contributed by atoms with Gasteiger partial charge in [0, 0.05) is 6.04 Å². The van der Waals surface area contributed by atoms with Gasteiger partial charge in [0.1, 0.15) is 0 Å². The Labute approximate surface area is 85.2 Å². The lowest BCUT2D eigenvalue weighted by Crippen LogP contribution is -2.54. The van der Waals surface area contributed by atoms with Gasteiger partial charge in [0.2, 0.25) is 5.24 Å². The van der Waals surface area contributed by atoms with E-state index >= 15 is 0 Å². The molecule has 13 heavy (non-hydrogen) atoms. The molecule has 1 heterocycles. The van der Waals surface area contributed by atoms with Crippen molar-refractivity contribution in [3.8, 4) is 0 Å². The maximum absolute atomic E-state index is 11.2. The van der Waals surface area contributed by atoms with Crippen LogP contribution in [0.4, 0.5) is 0 Å². The number of nitrogens with zero attached hydrogens (tertiary/aromatic N) is 1. The fourth-order valence-electron chi connectivity index (χ4n) is 2.04. The number of halogens is 1. The van der Waals surface area contributed by atoms with Gasteiger partial charge >= 0.3 is 0 Å². The van der Waals surface area contributed by atoms with Crippen LogP contribution in [0.25, 0.3) is 0 Å². The number of carbonyl (C=O) groups excluding carboxylic acids is 1. The van der Waals surface area contributed by atoms with Gasteiger partial charge in [-0.15, -0.1) is 0 Å². The Morgan fingerprint density at radius 2 is 2.08 bits per heavy atom. The van der Waals surface area contributed by atoms with Gasteiger partial charge in [-0.1, -0.05) is 6.42 Å². The third kappa shape index (κ3) is 2.23. The highest BCUT2D eigenvalue weighted by atomic mass is 35.5. The normalized spacial score (nSPS) is 26.0. The summed E-state index contributed by atoms with van der Waals surface area (Å²) in [4.78, 5) is 13.4. The van der Waals surface area contributed by atoms with E-state index in [0.29, 0.717) is 6.04 Å². The summed E-state index contributed by atoms with van der Waals surface area (Å²) < 4.78 is 0. The minimum atomic E-state index is -0.499. The molecule has 3 heteroatoms. The highest BCUT2D eigenvalue weighted by Gasteiger charge is 2.36. The van der Waals surface area contributed by atoms with Crippen molar-refractivity contribution in [1.82, 2.24) is 4.90 Å². The van der Waals surface area contributed by atoms with Gasteiger partial charge < -0.3 is 0 Å². The highest BCUT2D eigenvalue weighted by Crippen LogP contribution is 2.27. The molecule has 0 spiro atoms. The van der Waals surface area contributed by atoms with E-state index in [1.807, 2.05) is 13.8 Å². The van der Waals surface area contributed by atoms with E-state index in [0.717, 1.165) is 6.54 Å². The van der Waals surface area contributed by atoms with Crippen LogP contribution in [0, 0.1) is 0 Å². The molecule has 0 N–H and O–H groups in total. The lowest BCUT2D eigenvalue weighted by molar-refractivity contribution is -0.123. The molecule has 76 valence electrons. The number of hydrogen-bond acceptors (Lipinski definition) is 2. The third-order valence-corrected chi connectivity index (χ3v) is 3.46. The topological polar surface area (TPSA) is 20.3 Å². The Morgan fingerprint density at radius 3 is 2.54 bits per heavy atom. The van der Waals surface area contributed by atoms with E-state index in [2.05, 4.69) is 11.8 Å². The minimum absolute atomic E-state index is 0.249. The minimum Gasteiger partial charge on any atom is -0.288 e. The molecule has 1 fully saturated rings. The molecule has 1 unspecified atom stereocenters. The first-order chi connectivity index (χ1) is 5.96. The Morgan fingerprint density at radius 1 is 1.46 bits per heavy atom. The van der Waals surface area contributed by atoms with E-state index in [1.165, 1.54) is 19.3 Å². The lowest BCUT2D eigenvalue weighted by Gasteiger charge is -2.42. The first-order valence-electron chi connectivity index (χ1n) is 4.93. The monoisotopic (exact) mass is 203 g/mol. The molecule has 0 aliphatic carbocycles. The summed E-state index contributed by atoms with van der Waals surface area (Å²) in [6.07, 6.45) is 3.62. The molecule has 1 saturated heterocycles. The van der Waals surface area contributed by atoms with E-state index in [9.17, 15) is 4.79 Å². The fourth-order valence-corrected chi connectivity index (χ4v) is 2.15. The first-order valence-corrected chi connectivity index (χ1v) is 5.30. The molecule has 0 amide bonds. The summed E-state index contributed by atoms with van der Waals surface area (Å²) in [6.45, 7) is 6.97. The lowest BCUT2D eigenvalue weighted by atomic mass is 9.95. The molecule has 0 bridgehead atoms. The quantitative estimate of drug-likeness (QED) is 0.643. The van der Waals surface area contributed by atoms with Crippen LogP contribution in [-0.2, 0) is 4.79 Å². The Hall–Kier alpha value is -0.0800. The summed E-state index contributed by atoms with van der Waals surface area (Å²) >= 11 is 5.59. The largest absolute Gasteiger partial charge is 0.288 e. The Bertz CT molecular complexity index is 203. The van der Waals surface area contributed by atoms with Crippen molar-refractivity contribution in [2.75, 3.05) is 6.54 Å². The maximum Gasteiger partial charge on any atom is 0.241 e. The summed E-state index contributed by atoms with van der Waals surface area (Å²) in [7, 11) is 0. The molecule has 2 nitrogen and oxygen atoms in total. The molecule has 0 radical (unpaired) electrons. The molecule has 1 aliphatic heterocycles. The second-order valence-corrected chi connectivity index (χ2v) is 4.71. The van der Waals surface area contributed by atoms with Gasteiger partial charge in [0.05, 0.1) is 5.54 Å². The zero-order valence-electron chi connectivity index (χ0n) is 8.64. The van der Waals surface area contributed by atoms with Gasteiger partial charge in [-0.3, -0.25) is 9.69 Å². The van der Waals surface area contributed by atoms with Crippen LogP contribution in [0.1, 0.15) is 40.0 Å². The molecule has 1 rings (SSSR count). The number of rotatable bonds is 2. The molecule has 0 aromatic rings. The second-order valence-electron chi connectivity index (χ2n) is 4.37. The van der Waals surface area contributed by atoms with Crippen LogP contribution in [0.3, 0.4) is 0 Å². The van der Waals surface area contributed by atoms with Crippen LogP contribution in [0.15, 0.2) is 0 Å². The Balaban J connectivity index is 2.73. The summed E-state index contributed by atoms with van der Waals surface area (Å²) in [6, 6.07) is 0.478. The maximum atomic E-state index is 11.2. The van der Waals surface area contributed by atoms with Crippen molar-refractivity contribution in [2.24, 2.45) is 0 Å². The third-order valence-electron chi connectivity index (χ3n) is 3.00. The van der Waals surface area contributed by atoms with Crippen molar-refractivity contribution in [1.29, 1.82) is 0 Å².